The van der Waals surface area contributed by atoms with Gasteiger partial charge in [0.2, 0.25) is 5.28 Å². The summed E-state index contributed by atoms with van der Waals surface area (Å²) < 4.78 is 0. The Morgan fingerprint density at radius 2 is 2.00 bits per heavy atom. The van der Waals surface area contributed by atoms with Crippen LogP contribution in [0, 0.1) is 6.92 Å². The molecule has 6 heteroatoms. The van der Waals surface area contributed by atoms with Crippen molar-refractivity contribution in [1.29, 1.82) is 0 Å². The van der Waals surface area contributed by atoms with Crippen molar-refractivity contribution >= 4 is 23.1 Å². The summed E-state index contributed by atoms with van der Waals surface area (Å²) in [6.45, 7) is 6.28. The standard InChI is InChI=1S/C13H20ClN5/c1-9-11(15)12(17-13(14)16-9)19-7-3-6-18-5-2-4-10(18)8-19/h10H,2-8,15H2,1H3. The van der Waals surface area contributed by atoms with E-state index < -0.39 is 0 Å². The lowest BCUT2D eigenvalue weighted by Crippen LogP contribution is -2.37. The summed E-state index contributed by atoms with van der Waals surface area (Å²) >= 11 is 5.98. The van der Waals surface area contributed by atoms with E-state index in [1.54, 1.807) is 0 Å². The van der Waals surface area contributed by atoms with Gasteiger partial charge in [-0.05, 0) is 44.3 Å². The van der Waals surface area contributed by atoms with Crippen molar-refractivity contribution in [1.82, 2.24) is 14.9 Å². The average molecular weight is 282 g/mol. The molecule has 2 aliphatic heterocycles. The molecule has 0 aromatic carbocycles. The lowest BCUT2D eigenvalue weighted by Gasteiger charge is -2.27. The Bertz CT molecular complexity index is 478. The van der Waals surface area contributed by atoms with E-state index in [9.17, 15) is 0 Å². The van der Waals surface area contributed by atoms with E-state index in [4.69, 9.17) is 17.3 Å². The predicted octanol–water partition coefficient (Wildman–Crippen LogP) is 1.70. The molecule has 3 heterocycles. The van der Waals surface area contributed by atoms with E-state index in [1.165, 1.54) is 25.9 Å². The van der Waals surface area contributed by atoms with E-state index in [0.717, 1.165) is 31.0 Å². The zero-order valence-corrected chi connectivity index (χ0v) is 12.0. The van der Waals surface area contributed by atoms with Gasteiger partial charge < -0.3 is 10.6 Å². The SMILES string of the molecule is Cc1nc(Cl)nc(N2CCCN3CCCC3C2)c1N. The number of anilines is 2. The zero-order chi connectivity index (χ0) is 13.4. The van der Waals surface area contributed by atoms with E-state index in [2.05, 4.69) is 19.8 Å². The smallest absolute Gasteiger partial charge is 0.224 e. The van der Waals surface area contributed by atoms with Crippen LogP contribution in [0.1, 0.15) is 25.0 Å². The van der Waals surface area contributed by atoms with Crippen LogP contribution in [-0.4, -0.2) is 47.1 Å². The van der Waals surface area contributed by atoms with E-state index in [1.807, 2.05) is 6.92 Å². The van der Waals surface area contributed by atoms with Crippen LogP contribution in [0.3, 0.4) is 0 Å². The van der Waals surface area contributed by atoms with Gasteiger partial charge in [0.25, 0.3) is 0 Å². The lowest BCUT2D eigenvalue weighted by molar-refractivity contribution is 0.273. The second-order valence-corrected chi connectivity index (χ2v) is 5.78. The summed E-state index contributed by atoms with van der Waals surface area (Å²) in [4.78, 5) is 13.3. The van der Waals surface area contributed by atoms with Crippen LogP contribution in [0.2, 0.25) is 5.28 Å². The number of hydrogen-bond acceptors (Lipinski definition) is 5. The minimum absolute atomic E-state index is 0.286. The molecule has 1 atom stereocenters. The summed E-state index contributed by atoms with van der Waals surface area (Å²) in [5.41, 5.74) is 7.56. The maximum atomic E-state index is 6.13. The van der Waals surface area contributed by atoms with Crippen LogP contribution in [0.25, 0.3) is 0 Å². The summed E-state index contributed by atoms with van der Waals surface area (Å²) in [7, 11) is 0. The number of rotatable bonds is 1. The molecule has 0 saturated carbocycles. The Hall–Kier alpha value is -1.07. The van der Waals surface area contributed by atoms with Crippen LogP contribution < -0.4 is 10.6 Å². The van der Waals surface area contributed by atoms with E-state index in [-0.39, 0.29) is 5.28 Å². The quantitative estimate of drug-likeness (QED) is 0.794. The maximum absolute atomic E-state index is 6.13. The highest BCUT2D eigenvalue weighted by molar-refractivity contribution is 6.28. The van der Waals surface area contributed by atoms with E-state index in [0.29, 0.717) is 11.7 Å². The summed E-state index contributed by atoms with van der Waals surface area (Å²) in [5.74, 6) is 0.811. The monoisotopic (exact) mass is 281 g/mol. The highest BCUT2D eigenvalue weighted by Gasteiger charge is 2.30. The second kappa shape index (κ2) is 5.13. The third kappa shape index (κ3) is 2.49. The molecule has 0 aliphatic carbocycles. The predicted molar refractivity (Wildman–Crippen MR) is 77.6 cm³/mol. The van der Waals surface area contributed by atoms with E-state index >= 15 is 0 Å². The fraction of sp³-hybridized carbons (Fsp3) is 0.692. The van der Waals surface area contributed by atoms with Crippen molar-refractivity contribution in [2.75, 3.05) is 36.8 Å². The fourth-order valence-electron chi connectivity index (χ4n) is 3.17. The first-order chi connectivity index (χ1) is 9.15. The second-order valence-electron chi connectivity index (χ2n) is 5.45. The first-order valence-electron chi connectivity index (χ1n) is 6.94. The molecule has 2 N–H and O–H groups in total. The molecule has 1 unspecified atom stereocenters. The Balaban J connectivity index is 1.88. The maximum Gasteiger partial charge on any atom is 0.224 e. The highest BCUT2D eigenvalue weighted by Crippen LogP contribution is 2.29. The Kier molecular flexibility index (Phi) is 3.50. The van der Waals surface area contributed by atoms with Crippen LogP contribution in [0.15, 0.2) is 0 Å². The van der Waals surface area contributed by atoms with Crippen LogP contribution >= 0.6 is 11.6 Å². The summed E-state index contributed by atoms with van der Waals surface area (Å²) in [6.07, 6.45) is 3.72. The van der Waals surface area contributed by atoms with Gasteiger partial charge in [0, 0.05) is 25.7 Å². The largest absolute Gasteiger partial charge is 0.394 e. The molecule has 0 radical (unpaired) electrons. The van der Waals surface area contributed by atoms with Crippen molar-refractivity contribution in [2.24, 2.45) is 0 Å². The van der Waals surface area contributed by atoms with Gasteiger partial charge in [0.05, 0.1) is 11.4 Å². The van der Waals surface area contributed by atoms with Gasteiger partial charge in [-0.25, -0.2) is 4.98 Å². The molecule has 0 amide bonds. The minimum Gasteiger partial charge on any atom is -0.394 e. The van der Waals surface area contributed by atoms with Gasteiger partial charge in [0.15, 0.2) is 5.82 Å². The molecule has 3 rings (SSSR count). The van der Waals surface area contributed by atoms with Crippen molar-refractivity contribution in [2.45, 2.75) is 32.2 Å². The third-order valence-corrected chi connectivity index (χ3v) is 4.36. The van der Waals surface area contributed by atoms with Gasteiger partial charge >= 0.3 is 0 Å². The summed E-state index contributed by atoms with van der Waals surface area (Å²) in [5, 5.41) is 0.286. The molecule has 2 aliphatic rings. The van der Waals surface area contributed by atoms with Crippen molar-refractivity contribution in [3.63, 3.8) is 0 Å². The number of nitrogens with zero attached hydrogens (tertiary/aromatic N) is 4. The number of hydrogen-bond donors (Lipinski definition) is 1. The zero-order valence-electron chi connectivity index (χ0n) is 11.3. The van der Waals surface area contributed by atoms with Gasteiger partial charge in [0.1, 0.15) is 0 Å². The fourth-order valence-corrected chi connectivity index (χ4v) is 3.38. The molecule has 2 fully saturated rings. The van der Waals surface area contributed by atoms with Crippen molar-refractivity contribution < 1.29 is 0 Å². The number of halogens is 1. The number of aromatic nitrogens is 2. The van der Waals surface area contributed by atoms with Crippen molar-refractivity contribution in [3.05, 3.63) is 11.0 Å². The molecule has 0 spiro atoms. The van der Waals surface area contributed by atoms with Crippen LogP contribution in [0.4, 0.5) is 11.5 Å². The molecule has 1 aromatic rings. The number of nitrogens with two attached hydrogens (primary N) is 1. The number of fused-ring (bicyclic) bond motifs is 1. The number of aryl methyl sites for hydroxylation is 1. The van der Waals surface area contributed by atoms with Gasteiger partial charge in [-0.15, -0.1) is 0 Å². The van der Waals surface area contributed by atoms with Crippen molar-refractivity contribution in [3.8, 4) is 0 Å². The molecule has 1 aromatic heterocycles. The molecular weight excluding hydrogens is 262 g/mol. The topological polar surface area (TPSA) is 58.3 Å². The van der Waals surface area contributed by atoms with Gasteiger partial charge in [-0.1, -0.05) is 0 Å². The Morgan fingerprint density at radius 1 is 1.21 bits per heavy atom. The van der Waals surface area contributed by atoms with Crippen LogP contribution in [0.5, 0.6) is 0 Å². The average Bonchev–Trinajstić information content (AvgIpc) is 2.71. The third-order valence-electron chi connectivity index (χ3n) is 4.19. The molecule has 5 nitrogen and oxygen atoms in total. The minimum atomic E-state index is 0.286. The Morgan fingerprint density at radius 3 is 2.84 bits per heavy atom. The molecule has 19 heavy (non-hydrogen) atoms. The number of nitrogen functional groups attached to an aromatic ring is 1. The normalized spacial score (nSPS) is 24.3. The first kappa shape index (κ1) is 12.9. The molecular formula is C13H20ClN5. The molecule has 2 saturated heterocycles. The van der Waals surface area contributed by atoms with Gasteiger partial charge in [-0.2, -0.15) is 4.98 Å². The van der Waals surface area contributed by atoms with Crippen LogP contribution in [-0.2, 0) is 0 Å². The molecule has 0 bridgehead atoms. The summed E-state index contributed by atoms with van der Waals surface area (Å²) in [6, 6.07) is 0.635. The molecule has 104 valence electrons. The lowest BCUT2D eigenvalue weighted by atomic mass is 10.2. The van der Waals surface area contributed by atoms with Gasteiger partial charge in [-0.3, -0.25) is 4.90 Å². The Labute approximate surface area is 118 Å². The first-order valence-corrected chi connectivity index (χ1v) is 7.31. The highest BCUT2D eigenvalue weighted by atomic mass is 35.5.